The predicted octanol–water partition coefficient (Wildman–Crippen LogP) is 3.01. The fraction of sp³-hybridized carbons (Fsp3) is 0. The van der Waals surface area contributed by atoms with Crippen LogP contribution in [0.25, 0.3) is 0 Å². The van der Waals surface area contributed by atoms with E-state index < -0.39 is 27.0 Å². The molecule has 0 heterocycles. The molecular weight excluding hydrogens is 390 g/mol. The first-order valence-corrected chi connectivity index (χ1v) is 8.74. The molecule has 2 N–H and O–H groups in total. The Balaban J connectivity index is 2.43. The summed E-state index contributed by atoms with van der Waals surface area (Å²) < 4.78 is 36.1. The highest BCUT2D eigenvalue weighted by molar-refractivity contribution is 7.85. The number of aromatic carboxylic acids is 1. The highest BCUT2D eigenvalue weighted by Gasteiger charge is 2.15. The number of hydrogen-bond donors (Lipinski definition) is 2. The van der Waals surface area contributed by atoms with Gasteiger partial charge in [-0.25, -0.2) is 9.59 Å². The molecule has 28 heavy (non-hydrogen) atoms. The van der Waals surface area contributed by atoms with Crippen molar-refractivity contribution in [3.8, 4) is 11.8 Å². The van der Waals surface area contributed by atoms with Crippen LogP contribution in [-0.2, 0) is 14.9 Å². The third-order valence-corrected chi connectivity index (χ3v) is 4.08. The number of hydrogen-bond acceptors (Lipinski definition) is 8. The van der Waals surface area contributed by atoms with E-state index in [9.17, 15) is 23.1 Å². The number of esters is 1. The zero-order valence-corrected chi connectivity index (χ0v) is 14.8. The molecule has 0 aliphatic heterocycles. The second kappa shape index (κ2) is 8.21. The highest BCUT2D eigenvalue weighted by Crippen LogP contribution is 2.29. The van der Waals surface area contributed by atoms with Crippen LogP contribution in [-0.4, -0.2) is 30.0 Å². The van der Waals surface area contributed by atoms with Gasteiger partial charge in [-0.3, -0.25) is 4.55 Å². The van der Waals surface area contributed by atoms with Crippen molar-refractivity contribution in [2.75, 3.05) is 0 Å². The van der Waals surface area contributed by atoms with Gasteiger partial charge in [0.2, 0.25) is 0 Å². The van der Waals surface area contributed by atoms with Crippen molar-refractivity contribution in [2.45, 2.75) is 4.90 Å². The fourth-order valence-corrected chi connectivity index (χ4v) is 2.46. The van der Waals surface area contributed by atoms with Gasteiger partial charge in [0.05, 0.1) is 16.0 Å². The van der Waals surface area contributed by atoms with Crippen molar-refractivity contribution in [2.24, 2.45) is 10.2 Å². The SMILES string of the molecule is C=CC(=O)Oc1ccc(N=Nc2ccc(S(=O)(=O)O)cc2C#N)c(C(=O)O)c1. The van der Waals surface area contributed by atoms with Gasteiger partial charge in [0, 0.05) is 6.08 Å². The monoisotopic (exact) mass is 401 g/mol. The molecule has 10 nitrogen and oxygen atoms in total. The van der Waals surface area contributed by atoms with Crippen molar-refractivity contribution >= 4 is 33.4 Å². The minimum atomic E-state index is -4.50. The summed E-state index contributed by atoms with van der Waals surface area (Å²) in [6.07, 6.45) is 0.910. The van der Waals surface area contributed by atoms with Crippen LogP contribution < -0.4 is 4.74 Å². The molecule has 0 amide bonds. The number of benzene rings is 2. The molecule has 11 heteroatoms. The van der Waals surface area contributed by atoms with Crippen LogP contribution in [0.5, 0.6) is 5.75 Å². The average Bonchev–Trinajstić information content (AvgIpc) is 2.65. The minimum Gasteiger partial charge on any atom is -0.478 e. The maximum absolute atomic E-state index is 11.4. The topological polar surface area (TPSA) is 166 Å². The second-order valence-electron chi connectivity index (χ2n) is 5.08. The van der Waals surface area contributed by atoms with E-state index in [1.165, 1.54) is 12.1 Å². The lowest BCUT2D eigenvalue weighted by Crippen LogP contribution is -2.04. The zero-order valence-electron chi connectivity index (χ0n) is 13.9. The Bertz CT molecular complexity index is 1150. The van der Waals surface area contributed by atoms with Crippen molar-refractivity contribution in [1.29, 1.82) is 5.26 Å². The Labute approximate surface area is 158 Å². The maximum atomic E-state index is 11.4. The van der Waals surface area contributed by atoms with Crippen LogP contribution in [0.1, 0.15) is 15.9 Å². The van der Waals surface area contributed by atoms with Crippen molar-refractivity contribution < 1.29 is 32.4 Å². The van der Waals surface area contributed by atoms with Gasteiger partial charge in [0.25, 0.3) is 10.1 Å². The first kappa shape index (κ1) is 20.4. The predicted molar refractivity (Wildman–Crippen MR) is 94.4 cm³/mol. The molecule has 0 aliphatic rings. The summed E-state index contributed by atoms with van der Waals surface area (Å²) in [5.41, 5.74) is -0.680. The summed E-state index contributed by atoms with van der Waals surface area (Å²) in [7, 11) is -4.50. The van der Waals surface area contributed by atoms with Crippen LogP contribution >= 0.6 is 0 Å². The van der Waals surface area contributed by atoms with Crippen LogP contribution in [0.4, 0.5) is 11.4 Å². The molecule has 0 saturated carbocycles. The molecule has 0 saturated heterocycles. The Hall–Kier alpha value is -3.88. The lowest BCUT2D eigenvalue weighted by atomic mass is 10.1. The average molecular weight is 401 g/mol. The van der Waals surface area contributed by atoms with Gasteiger partial charge in [0.15, 0.2) is 0 Å². The van der Waals surface area contributed by atoms with Gasteiger partial charge in [-0.1, -0.05) is 6.58 Å². The largest absolute Gasteiger partial charge is 0.478 e. The fourth-order valence-electron chi connectivity index (χ4n) is 1.96. The van der Waals surface area contributed by atoms with Crippen LogP contribution in [0.15, 0.2) is 64.2 Å². The summed E-state index contributed by atoms with van der Waals surface area (Å²) in [6, 6.07) is 8.33. The van der Waals surface area contributed by atoms with Gasteiger partial charge < -0.3 is 9.84 Å². The molecule has 2 aromatic carbocycles. The van der Waals surface area contributed by atoms with Gasteiger partial charge in [0.1, 0.15) is 23.2 Å². The van der Waals surface area contributed by atoms with Gasteiger partial charge >= 0.3 is 11.9 Å². The summed E-state index contributed by atoms with van der Waals surface area (Å²) in [5.74, 6) is -2.19. The van der Waals surface area contributed by atoms with Gasteiger partial charge in [-0.2, -0.15) is 13.7 Å². The van der Waals surface area contributed by atoms with Crippen LogP contribution in [0.3, 0.4) is 0 Å². The Morgan fingerprint density at radius 3 is 2.36 bits per heavy atom. The van der Waals surface area contributed by atoms with Crippen molar-refractivity contribution in [3.63, 3.8) is 0 Å². The lowest BCUT2D eigenvalue weighted by molar-refractivity contribution is -0.128. The molecular formula is C17H11N3O7S. The number of rotatable bonds is 6. The van der Waals surface area contributed by atoms with E-state index in [1.54, 1.807) is 6.07 Å². The van der Waals surface area contributed by atoms with E-state index in [-0.39, 0.29) is 28.3 Å². The molecule has 0 atom stereocenters. The molecule has 2 aromatic rings. The molecule has 0 aromatic heterocycles. The van der Waals surface area contributed by atoms with E-state index >= 15 is 0 Å². The summed E-state index contributed by atoms with van der Waals surface area (Å²) in [4.78, 5) is 22.1. The Morgan fingerprint density at radius 2 is 1.79 bits per heavy atom. The van der Waals surface area contributed by atoms with E-state index in [4.69, 9.17) is 14.6 Å². The van der Waals surface area contributed by atoms with Crippen molar-refractivity contribution in [1.82, 2.24) is 0 Å². The third kappa shape index (κ3) is 4.85. The minimum absolute atomic E-state index is 0.0449. The van der Waals surface area contributed by atoms with Crippen molar-refractivity contribution in [3.05, 3.63) is 60.2 Å². The summed E-state index contributed by atoms with van der Waals surface area (Å²) in [6.45, 7) is 3.23. The molecule has 0 aliphatic carbocycles. The van der Waals surface area contributed by atoms with Crippen LogP contribution in [0, 0.1) is 11.3 Å². The van der Waals surface area contributed by atoms with E-state index in [2.05, 4.69) is 16.8 Å². The number of carbonyl (C=O) groups excluding carboxylic acids is 1. The summed E-state index contributed by atoms with van der Waals surface area (Å²) in [5, 5.41) is 25.9. The number of carboxylic acid groups (broad SMARTS) is 1. The molecule has 142 valence electrons. The molecule has 0 radical (unpaired) electrons. The molecule has 0 unspecified atom stereocenters. The third-order valence-electron chi connectivity index (χ3n) is 3.24. The second-order valence-corrected chi connectivity index (χ2v) is 6.50. The number of nitriles is 1. The number of carboxylic acids is 1. The van der Waals surface area contributed by atoms with Gasteiger partial charge in [-0.05, 0) is 36.4 Å². The number of carbonyl (C=O) groups is 2. The van der Waals surface area contributed by atoms with E-state index in [0.29, 0.717) is 0 Å². The first-order valence-electron chi connectivity index (χ1n) is 7.30. The quantitative estimate of drug-likeness (QED) is 0.245. The smallest absolute Gasteiger partial charge is 0.338 e. The zero-order chi connectivity index (χ0) is 20.9. The number of ether oxygens (including phenoxy) is 1. The molecule has 0 spiro atoms. The molecule has 0 bridgehead atoms. The highest BCUT2D eigenvalue weighted by atomic mass is 32.2. The molecule has 0 fully saturated rings. The molecule has 2 rings (SSSR count). The Kier molecular flexibility index (Phi) is 5.99. The normalized spacial score (nSPS) is 11.0. The standard InChI is InChI=1S/C17H11N3O7S/c1-2-16(21)27-11-3-5-15(13(8-11)17(22)23)20-19-14-6-4-12(28(24,25)26)7-10(14)9-18/h2-8H,1H2,(H,22,23)(H,24,25,26). The maximum Gasteiger partial charge on any atom is 0.338 e. The first-order chi connectivity index (χ1) is 13.2. The Morgan fingerprint density at radius 1 is 1.14 bits per heavy atom. The van der Waals surface area contributed by atoms with Crippen LogP contribution in [0.2, 0.25) is 0 Å². The van der Waals surface area contributed by atoms with E-state index in [0.717, 1.165) is 30.3 Å². The van der Waals surface area contributed by atoms with Gasteiger partial charge in [-0.15, -0.1) is 10.2 Å². The summed E-state index contributed by atoms with van der Waals surface area (Å²) >= 11 is 0. The number of nitrogens with zero attached hydrogens (tertiary/aromatic N) is 3. The number of azo groups is 1. The lowest BCUT2D eigenvalue weighted by Gasteiger charge is -2.05. The van der Waals surface area contributed by atoms with E-state index in [1.807, 2.05) is 0 Å².